The lowest BCUT2D eigenvalue weighted by molar-refractivity contribution is 0.613. The Bertz CT molecular complexity index is 304. The molecule has 0 aliphatic carbocycles. The number of hydrogen-bond acceptors (Lipinski definition) is 2. The molecule has 0 saturated carbocycles. The quantitative estimate of drug-likeness (QED) is 0.662. The third-order valence-corrected chi connectivity index (χ3v) is 1.51. The molecule has 0 fully saturated rings. The first-order valence-corrected chi connectivity index (χ1v) is 3.51. The number of nitrogens with one attached hydrogen (secondary N) is 1. The summed E-state index contributed by atoms with van der Waals surface area (Å²) in [7, 11) is 1.72. The first-order valence-electron chi connectivity index (χ1n) is 3.51. The minimum atomic E-state index is -0.372. The van der Waals surface area contributed by atoms with Gasteiger partial charge in [0.15, 0.2) is 0 Å². The van der Waals surface area contributed by atoms with E-state index in [2.05, 4.69) is 16.2 Å². The molecule has 1 atom stereocenters. The molecule has 0 radical (unpaired) electrons. The van der Waals surface area contributed by atoms with Crippen LogP contribution in [-0.4, -0.2) is 12.0 Å². The van der Waals surface area contributed by atoms with E-state index in [-0.39, 0.29) is 11.9 Å². The van der Waals surface area contributed by atoms with E-state index in [4.69, 9.17) is 6.42 Å². The number of terminal acetylenes is 1. The van der Waals surface area contributed by atoms with Gasteiger partial charge in [0.05, 0.1) is 12.2 Å². The lowest BCUT2D eigenvalue weighted by Crippen LogP contribution is -2.14. The van der Waals surface area contributed by atoms with E-state index >= 15 is 0 Å². The molecule has 0 aromatic carbocycles. The van der Waals surface area contributed by atoms with Gasteiger partial charge in [-0.15, -0.1) is 6.42 Å². The van der Waals surface area contributed by atoms with E-state index in [0.717, 1.165) is 6.20 Å². The number of halogens is 1. The van der Waals surface area contributed by atoms with Gasteiger partial charge in [-0.2, -0.15) is 0 Å². The number of pyridine rings is 1. The fourth-order valence-electron chi connectivity index (χ4n) is 0.932. The largest absolute Gasteiger partial charge is 0.303 e. The van der Waals surface area contributed by atoms with Crippen molar-refractivity contribution in [3.8, 4) is 12.3 Å². The Hall–Kier alpha value is -1.40. The van der Waals surface area contributed by atoms with Gasteiger partial charge in [0, 0.05) is 11.8 Å². The Kier molecular flexibility index (Phi) is 2.78. The molecule has 1 heterocycles. The minimum absolute atomic E-state index is 0.270. The van der Waals surface area contributed by atoms with Gasteiger partial charge in [-0.1, -0.05) is 5.92 Å². The van der Waals surface area contributed by atoms with Crippen molar-refractivity contribution in [3.63, 3.8) is 0 Å². The fraction of sp³-hybridized carbons (Fsp3) is 0.222. The predicted molar refractivity (Wildman–Crippen MR) is 44.8 cm³/mol. The molecule has 62 valence electrons. The van der Waals surface area contributed by atoms with Crippen LogP contribution in [0.1, 0.15) is 11.6 Å². The highest BCUT2D eigenvalue weighted by atomic mass is 19.1. The van der Waals surface area contributed by atoms with Crippen LogP contribution in [0.2, 0.25) is 0 Å². The second-order valence-corrected chi connectivity index (χ2v) is 2.32. The summed E-state index contributed by atoms with van der Waals surface area (Å²) < 4.78 is 12.6. The maximum Gasteiger partial charge on any atom is 0.141 e. The summed E-state index contributed by atoms with van der Waals surface area (Å²) in [4.78, 5) is 3.69. The third kappa shape index (κ3) is 1.80. The van der Waals surface area contributed by atoms with Crippen LogP contribution in [0.25, 0.3) is 0 Å². The van der Waals surface area contributed by atoms with E-state index in [1.807, 2.05) is 0 Å². The molecule has 0 saturated heterocycles. The van der Waals surface area contributed by atoms with Crippen LogP contribution in [0.3, 0.4) is 0 Å². The average Bonchev–Trinajstić information content (AvgIpc) is 2.07. The molecular weight excluding hydrogens is 155 g/mol. The average molecular weight is 164 g/mol. The fourth-order valence-corrected chi connectivity index (χ4v) is 0.932. The summed E-state index contributed by atoms with van der Waals surface area (Å²) >= 11 is 0. The highest BCUT2D eigenvalue weighted by molar-refractivity contribution is 5.22. The molecule has 1 aromatic heterocycles. The zero-order valence-electron chi connectivity index (χ0n) is 6.71. The molecular formula is C9H9FN2. The van der Waals surface area contributed by atoms with Gasteiger partial charge in [-0.25, -0.2) is 4.39 Å². The summed E-state index contributed by atoms with van der Waals surface area (Å²) in [6.45, 7) is 0. The minimum Gasteiger partial charge on any atom is -0.303 e. The van der Waals surface area contributed by atoms with Gasteiger partial charge in [-0.05, 0) is 13.1 Å². The number of rotatable bonds is 2. The maximum atomic E-state index is 12.6. The normalized spacial score (nSPS) is 12.1. The number of nitrogens with zero attached hydrogens (tertiary/aromatic N) is 1. The second-order valence-electron chi connectivity index (χ2n) is 2.32. The zero-order chi connectivity index (χ0) is 8.97. The van der Waals surface area contributed by atoms with Crippen molar-refractivity contribution in [2.24, 2.45) is 0 Å². The van der Waals surface area contributed by atoms with E-state index in [9.17, 15) is 4.39 Å². The Balaban J connectivity index is 2.95. The van der Waals surface area contributed by atoms with E-state index in [1.54, 1.807) is 13.2 Å². The summed E-state index contributed by atoms with van der Waals surface area (Å²) in [6, 6.07) is 1.10. The molecule has 0 amide bonds. The highest BCUT2D eigenvalue weighted by Crippen LogP contribution is 2.10. The smallest absolute Gasteiger partial charge is 0.141 e. The molecule has 3 heteroatoms. The van der Waals surface area contributed by atoms with Crippen LogP contribution in [0.5, 0.6) is 0 Å². The Morgan fingerprint density at radius 2 is 2.42 bits per heavy atom. The van der Waals surface area contributed by atoms with Gasteiger partial charge >= 0.3 is 0 Å². The van der Waals surface area contributed by atoms with Gasteiger partial charge in [0.2, 0.25) is 0 Å². The molecule has 1 N–H and O–H groups in total. The first kappa shape index (κ1) is 8.69. The zero-order valence-corrected chi connectivity index (χ0v) is 6.71. The van der Waals surface area contributed by atoms with Gasteiger partial charge in [-0.3, -0.25) is 4.98 Å². The van der Waals surface area contributed by atoms with Gasteiger partial charge < -0.3 is 5.32 Å². The van der Waals surface area contributed by atoms with E-state index < -0.39 is 0 Å². The van der Waals surface area contributed by atoms with Gasteiger partial charge in [0.25, 0.3) is 0 Å². The van der Waals surface area contributed by atoms with Crippen molar-refractivity contribution in [3.05, 3.63) is 29.8 Å². The lowest BCUT2D eigenvalue weighted by Gasteiger charge is -2.07. The molecule has 0 bridgehead atoms. The standard InChI is InChI=1S/C9H9FN2/c1-3-9(11-2)7-4-8(10)6-12-5-7/h1,4-6,9,11H,2H3. The first-order chi connectivity index (χ1) is 5.77. The van der Waals surface area contributed by atoms with Crippen molar-refractivity contribution < 1.29 is 4.39 Å². The molecule has 0 spiro atoms. The molecule has 2 nitrogen and oxygen atoms in total. The Morgan fingerprint density at radius 1 is 1.67 bits per heavy atom. The van der Waals surface area contributed by atoms with E-state index in [0.29, 0.717) is 5.56 Å². The van der Waals surface area contributed by atoms with Crippen molar-refractivity contribution in [2.75, 3.05) is 7.05 Å². The monoisotopic (exact) mass is 164 g/mol. The van der Waals surface area contributed by atoms with Crippen molar-refractivity contribution in [1.82, 2.24) is 10.3 Å². The summed E-state index contributed by atoms with van der Waals surface area (Å²) in [5, 5.41) is 2.85. The lowest BCUT2D eigenvalue weighted by atomic mass is 10.1. The molecule has 0 aliphatic rings. The van der Waals surface area contributed by atoms with E-state index in [1.165, 1.54) is 6.07 Å². The topological polar surface area (TPSA) is 24.9 Å². The van der Waals surface area contributed by atoms with Crippen LogP contribution in [0.15, 0.2) is 18.5 Å². The van der Waals surface area contributed by atoms with Crippen LogP contribution < -0.4 is 5.32 Å². The number of aromatic nitrogens is 1. The summed E-state index contributed by atoms with van der Waals surface area (Å²) in [5.74, 6) is 2.11. The molecule has 1 rings (SSSR count). The van der Waals surface area contributed by atoms with Crippen LogP contribution in [-0.2, 0) is 0 Å². The van der Waals surface area contributed by atoms with Crippen LogP contribution in [0.4, 0.5) is 4.39 Å². The predicted octanol–water partition coefficient (Wildman–Crippen LogP) is 1.11. The third-order valence-electron chi connectivity index (χ3n) is 1.51. The molecule has 1 aromatic rings. The van der Waals surface area contributed by atoms with Crippen molar-refractivity contribution in [2.45, 2.75) is 6.04 Å². The van der Waals surface area contributed by atoms with Crippen molar-refractivity contribution in [1.29, 1.82) is 0 Å². The van der Waals surface area contributed by atoms with Crippen LogP contribution in [0, 0.1) is 18.2 Å². The SMILES string of the molecule is C#CC(NC)c1cncc(F)c1. The van der Waals surface area contributed by atoms with Gasteiger partial charge in [0.1, 0.15) is 5.82 Å². The number of hydrogen-bond donors (Lipinski definition) is 1. The van der Waals surface area contributed by atoms with Crippen LogP contribution >= 0.6 is 0 Å². The molecule has 0 aliphatic heterocycles. The molecule has 12 heavy (non-hydrogen) atoms. The Labute approximate surface area is 70.8 Å². The second kappa shape index (κ2) is 3.84. The Morgan fingerprint density at radius 3 is 2.92 bits per heavy atom. The summed E-state index contributed by atoms with van der Waals surface area (Å²) in [6.07, 6.45) is 7.89. The highest BCUT2D eigenvalue weighted by Gasteiger charge is 2.05. The molecule has 1 unspecified atom stereocenters. The van der Waals surface area contributed by atoms with Crippen molar-refractivity contribution >= 4 is 0 Å². The summed E-state index contributed by atoms with van der Waals surface area (Å²) in [5.41, 5.74) is 0.667. The maximum absolute atomic E-state index is 12.6.